The van der Waals surface area contributed by atoms with E-state index >= 15 is 0 Å². The number of nitrogens with one attached hydrogen (secondary N) is 1. The lowest BCUT2D eigenvalue weighted by atomic mass is 10.1. The van der Waals surface area contributed by atoms with Crippen LogP contribution in [-0.2, 0) is 14.8 Å². The molecule has 4 N–H and O–H groups in total. The number of anilines is 1. The zero-order valence-corrected chi connectivity index (χ0v) is 21.8. The highest BCUT2D eigenvalue weighted by Gasteiger charge is 2.31. The molecule has 1 amide bonds. The van der Waals surface area contributed by atoms with Gasteiger partial charge in [-0.15, -0.1) is 0 Å². The van der Waals surface area contributed by atoms with Crippen LogP contribution in [0.15, 0.2) is 65.6 Å². The van der Waals surface area contributed by atoms with E-state index in [1.54, 1.807) is 41.3 Å². The van der Waals surface area contributed by atoms with E-state index in [9.17, 15) is 13.2 Å². The Morgan fingerprint density at radius 1 is 0.892 bits per heavy atom. The van der Waals surface area contributed by atoms with Crippen molar-refractivity contribution >= 4 is 44.2 Å². The molecule has 0 aliphatic carbocycles. The highest BCUT2D eigenvalue weighted by Crippen LogP contribution is 2.32. The maximum atomic E-state index is 13.5. The van der Waals surface area contributed by atoms with E-state index in [-0.39, 0.29) is 29.7 Å². The first-order valence-electron chi connectivity index (χ1n) is 11.6. The Labute approximate surface area is 216 Å². The number of carbonyl (C=O) groups excluding carboxylic acids is 1. The Kier molecular flexibility index (Phi) is 8.51. The van der Waals surface area contributed by atoms with Gasteiger partial charge >= 0.3 is 0 Å². The molecule has 0 spiro atoms. The molecular formula is C26H31N5O5S. The summed E-state index contributed by atoms with van der Waals surface area (Å²) in [6, 6.07) is 17.6. The van der Waals surface area contributed by atoms with Crippen LogP contribution in [0.5, 0.6) is 0 Å². The monoisotopic (exact) mass is 525 g/mol. The van der Waals surface area contributed by atoms with Gasteiger partial charge in [0.2, 0.25) is 10.0 Å². The van der Waals surface area contributed by atoms with Gasteiger partial charge in [-0.25, -0.2) is 8.42 Å². The number of carboxylic acids is 1. The van der Waals surface area contributed by atoms with Crippen molar-refractivity contribution < 1.29 is 23.1 Å². The van der Waals surface area contributed by atoms with E-state index in [2.05, 4.69) is 0 Å². The van der Waals surface area contributed by atoms with Crippen LogP contribution >= 0.6 is 0 Å². The van der Waals surface area contributed by atoms with Gasteiger partial charge in [0.1, 0.15) is 5.84 Å². The van der Waals surface area contributed by atoms with Crippen molar-refractivity contribution in [2.24, 2.45) is 5.73 Å². The molecule has 1 aliphatic rings. The summed E-state index contributed by atoms with van der Waals surface area (Å²) in [5.74, 6) is -1.05. The van der Waals surface area contributed by atoms with Crippen LogP contribution in [-0.4, -0.2) is 80.7 Å². The molecule has 37 heavy (non-hydrogen) atoms. The molecule has 0 radical (unpaired) electrons. The van der Waals surface area contributed by atoms with Gasteiger partial charge in [0.25, 0.3) is 11.9 Å². The third-order valence-corrected chi connectivity index (χ3v) is 7.88. The molecule has 0 saturated carbocycles. The van der Waals surface area contributed by atoms with Gasteiger partial charge in [0.15, 0.2) is 0 Å². The number of benzene rings is 3. The van der Waals surface area contributed by atoms with E-state index in [0.29, 0.717) is 29.6 Å². The molecule has 10 nitrogen and oxygen atoms in total. The quantitative estimate of drug-likeness (QED) is 0.342. The predicted molar refractivity (Wildman–Crippen MR) is 144 cm³/mol. The fourth-order valence-electron chi connectivity index (χ4n) is 4.13. The van der Waals surface area contributed by atoms with E-state index in [4.69, 9.17) is 21.0 Å². The first-order chi connectivity index (χ1) is 17.4. The number of hydrogen-bond acceptors (Lipinski definition) is 6. The summed E-state index contributed by atoms with van der Waals surface area (Å²) in [6.45, 7) is 2.15. The smallest absolute Gasteiger partial charge is 0.300 e. The Morgan fingerprint density at radius 2 is 1.41 bits per heavy atom. The summed E-state index contributed by atoms with van der Waals surface area (Å²) in [7, 11) is 0.140. The molecule has 1 fully saturated rings. The third kappa shape index (κ3) is 6.25. The van der Waals surface area contributed by atoms with Crippen LogP contribution < -0.4 is 10.6 Å². The van der Waals surface area contributed by atoms with Crippen molar-refractivity contribution in [3.05, 3.63) is 71.8 Å². The van der Waals surface area contributed by atoms with E-state index in [1.165, 1.54) is 4.31 Å². The Hall–Kier alpha value is -3.96. The van der Waals surface area contributed by atoms with Crippen LogP contribution in [0.1, 0.15) is 22.8 Å². The molecule has 0 bridgehead atoms. The summed E-state index contributed by atoms with van der Waals surface area (Å²) in [5, 5.41) is 16.4. The van der Waals surface area contributed by atoms with Crippen molar-refractivity contribution in [2.75, 3.05) is 45.2 Å². The van der Waals surface area contributed by atoms with E-state index in [1.807, 2.05) is 43.3 Å². The number of amidine groups is 1. The number of aliphatic carboxylic acids is 1. The average molecular weight is 526 g/mol. The van der Waals surface area contributed by atoms with Crippen LogP contribution in [0.3, 0.4) is 0 Å². The highest BCUT2D eigenvalue weighted by molar-refractivity contribution is 7.89. The Balaban J connectivity index is 0.000000886. The van der Waals surface area contributed by atoms with Gasteiger partial charge in [-0.05, 0) is 24.3 Å². The standard InChI is InChI=1S/C24H27N5O3S.C2H4O2/c1-27(2)21-7-3-6-20-19(21)5-4-8-22(20)33(31,32)29-15-13-28(14-16-29)24(30)18-11-9-17(10-12-18)23(25)26;1-2(3)4/h3-12H,13-16H2,1-2H3,(H3,25,26);1H3,(H,3,4). The minimum Gasteiger partial charge on any atom is -0.481 e. The van der Waals surface area contributed by atoms with Crippen molar-refractivity contribution in [3.8, 4) is 0 Å². The van der Waals surface area contributed by atoms with Crippen molar-refractivity contribution in [3.63, 3.8) is 0 Å². The lowest BCUT2D eigenvalue weighted by molar-refractivity contribution is -0.134. The number of nitrogens with two attached hydrogens (primary N) is 1. The topological polar surface area (TPSA) is 148 Å². The van der Waals surface area contributed by atoms with Crippen molar-refractivity contribution in [1.29, 1.82) is 5.41 Å². The van der Waals surface area contributed by atoms with Gasteiger partial charge < -0.3 is 20.6 Å². The molecule has 196 valence electrons. The second kappa shape index (κ2) is 11.4. The molecule has 1 saturated heterocycles. The van der Waals surface area contributed by atoms with Crippen LogP contribution in [0.2, 0.25) is 0 Å². The van der Waals surface area contributed by atoms with Gasteiger partial charge in [0.05, 0.1) is 4.90 Å². The van der Waals surface area contributed by atoms with Crippen LogP contribution in [0.25, 0.3) is 10.8 Å². The minimum atomic E-state index is -3.72. The zero-order chi connectivity index (χ0) is 27.3. The number of nitrogen functional groups attached to an aromatic ring is 1. The number of rotatable bonds is 5. The largest absolute Gasteiger partial charge is 0.481 e. The first-order valence-corrected chi connectivity index (χ1v) is 13.0. The lowest BCUT2D eigenvalue weighted by Gasteiger charge is -2.34. The molecule has 1 heterocycles. The molecular weight excluding hydrogens is 494 g/mol. The van der Waals surface area contributed by atoms with Gasteiger partial charge in [-0.1, -0.05) is 36.4 Å². The van der Waals surface area contributed by atoms with E-state index < -0.39 is 16.0 Å². The second-order valence-corrected chi connectivity index (χ2v) is 10.6. The number of sulfonamides is 1. The number of piperazine rings is 1. The van der Waals surface area contributed by atoms with Gasteiger partial charge in [0, 0.05) is 74.8 Å². The summed E-state index contributed by atoms with van der Waals surface area (Å²) in [4.78, 5) is 25.8. The molecule has 3 aromatic rings. The first kappa shape index (κ1) is 27.6. The molecule has 1 aliphatic heterocycles. The fraction of sp³-hybridized carbons (Fsp3) is 0.269. The number of fused-ring (bicyclic) bond motifs is 1. The summed E-state index contributed by atoms with van der Waals surface area (Å²) >= 11 is 0. The van der Waals surface area contributed by atoms with Crippen LogP contribution in [0.4, 0.5) is 5.69 Å². The summed E-state index contributed by atoms with van der Waals surface area (Å²) in [6.07, 6.45) is 0. The zero-order valence-electron chi connectivity index (χ0n) is 21.0. The minimum absolute atomic E-state index is 0.0565. The third-order valence-electron chi connectivity index (χ3n) is 5.93. The average Bonchev–Trinajstić information content (AvgIpc) is 2.87. The summed E-state index contributed by atoms with van der Waals surface area (Å²) < 4.78 is 28.5. The van der Waals surface area contributed by atoms with E-state index in [0.717, 1.165) is 18.0 Å². The number of carbonyl (C=O) groups is 2. The van der Waals surface area contributed by atoms with Crippen molar-refractivity contribution in [2.45, 2.75) is 11.8 Å². The molecule has 0 aromatic heterocycles. The molecule has 0 atom stereocenters. The number of nitrogens with zero attached hydrogens (tertiary/aromatic N) is 3. The molecule has 4 rings (SSSR count). The summed E-state index contributed by atoms with van der Waals surface area (Å²) in [5.41, 5.74) is 7.46. The molecule has 0 unspecified atom stereocenters. The lowest BCUT2D eigenvalue weighted by Crippen LogP contribution is -2.50. The number of amides is 1. The molecule has 11 heteroatoms. The number of carboxylic acid groups (broad SMARTS) is 1. The van der Waals surface area contributed by atoms with Crippen molar-refractivity contribution in [1.82, 2.24) is 9.21 Å². The predicted octanol–water partition coefficient (Wildman–Crippen LogP) is 2.43. The van der Waals surface area contributed by atoms with Crippen LogP contribution in [0, 0.1) is 5.41 Å². The SMILES string of the molecule is CC(=O)O.CN(C)c1cccc2c(S(=O)(=O)N3CCN(C(=O)c4ccc(C(=N)N)cc4)CC3)cccc12. The number of hydrogen-bond donors (Lipinski definition) is 3. The highest BCUT2D eigenvalue weighted by atomic mass is 32.2. The maximum Gasteiger partial charge on any atom is 0.300 e. The Morgan fingerprint density at radius 3 is 1.95 bits per heavy atom. The van der Waals surface area contributed by atoms with Gasteiger partial charge in [-0.2, -0.15) is 4.31 Å². The maximum absolute atomic E-state index is 13.5. The fourth-order valence-corrected chi connectivity index (χ4v) is 5.75. The Bertz CT molecular complexity index is 1410. The molecule has 3 aromatic carbocycles. The normalized spacial score (nSPS) is 14.0. The van der Waals surface area contributed by atoms with Gasteiger partial charge in [-0.3, -0.25) is 15.0 Å². The second-order valence-electron chi connectivity index (χ2n) is 8.73.